The largest absolute Gasteiger partial charge is 0.395 e. The molecule has 0 aromatic rings. The van der Waals surface area contributed by atoms with Gasteiger partial charge in [-0.2, -0.15) is 0 Å². The SMILES string of the molecule is CCS(=O)(=O)CCNC(CO)CC(C)C. The molecule has 1 atom stereocenters. The fraction of sp³-hybridized carbons (Fsp3) is 1.00. The Bertz CT molecular complexity index is 249. The van der Waals surface area contributed by atoms with Gasteiger partial charge in [0, 0.05) is 18.3 Å². The number of nitrogens with one attached hydrogen (secondary N) is 1. The molecule has 0 fully saturated rings. The molecule has 0 heterocycles. The summed E-state index contributed by atoms with van der Waals surface area (Å²) in [5.74, 6) is 0.832. The van der Waals surface area contributed by atoms with E-state index in [0.717, 1.165) is 6.42 Å². The Morgan fingerprint density at radius 2 is 1.93 bits per heavy atom. The molecule has 0 aliphatic heterocycles. The van der Waals surface area contributed by atoms with Gasteiger partial charge in [-0.1, -0.05) is 20.8 Å². The summed E-state index contributed by atoms with van der Waals surface area (Å²) in [5, 5.41) is 12.1. The van der Waals surface area contributed by atoms with Crippen molar-refractivity contribution in [2.45, 2.75) is 33.2 Å². The van der Waals surface area contributed by atoms with Crippen LogP contribution in [-0.2, 0) is 9.84 Å². The van der Waals surface area contributed by atoms with Crippen LogP contribution in [0.3, 0.4) is 0 Å². The first-order chi connectivity index (χ1) is 6.91. The van der Waals surface area contributed by atoms with E-state index in [1.165, 1.54) is 0 Å². The van der Waals surface area contributed by atoms with Gasteiger partial charge in [0.1, 0.15) is 0 Å². The van der Waals surface area contributed by atoms with Crippen molar-refractivity contribution in [3.63, 3.8) is 0 Å². The molecule has 0 aromatic carbocycles. The molecule has 4 nitrogen and oxygen atoms in total. The third kappa shape index (κ3) is 7.76. The Labute approximate surface area is 93.0 Å². The number of aliphatic hydroxyl groups excluding tert-OH is 1. The zero-order valence-corrected chi connectivity index (χ0v) is 10.7. The van der Waals surface area contributed by atoms with Crippen LogP contribution >= 0.6 is 0 Å². The molecule has 15 heavy (non-hydrogen) atoms. The lowest BCUT2D eigenvalue weighted by atomic mass is 10.0. The van der Waals surface area contributed by atoms with Gasteiger partial charge in [0.05, 0.1) is 12.4 Å². The first-order valence-electron chi connectivity index (χ1n) is 5.46. The maximum absolute atomic E-state index is 11.2. The van der Waals surface area contributed by atoms with Gasteiger partial charge >= 0.3 is 0 Å². The van der Waals surface area contributed by atoms with Crippen molar-refractivity contribution in [2.75, 3.05) is 24.7 Å². The third-order valence-corrected chi connectivity index (χ3v) is 3.97. The number of sulfone groups is 1. The molecule has 1 unspecified atom stereocenters. The van der Waals surface area contributed by atoms with E-state index < -0.39 is 9.84 Å². The van der Waals surface area contributed by atoms with Crippen LogP contribution in [0.2, 0.25) is 0 Å². The topological polar surface area (TPSA) is 66.4 Å². The quantitative estimate of drug-likeness (QED) is 0.642. The molecule has 0 aliphatic carbocycles. The molecule has 0 radical (unpaired) electrons. The molecule has 5 heteroatoms. The summed E-state index contributed by atoms with van der Waals surface area (Å²) in [4.78, 5) is 0. The summed E-state index contributed by atoms with van der Waals surface area (Å²) in [7, 11) is -2.90. The van der Waals surface area contributed by atoms with E-state index in [1.807, 2.05) is 0 Å². The van der Waals surface area contributed by atoms with E-state index in [0.29, 0.717) is 12.5 Å². The average Bonchev–Trinajstić information content (AvgIpc) is 2.15. The number of rotatable bonds is 8. The second-order valence-corrected chi connectivity index (χ2v) is 6.67. The molecule has 0 aliphatic rings. The molecule has 0 aromatic heterocycles. The maximum atomic E-state index is 11.2. The van der Waals surface area contributed by atoms with E-state index in [-0.39, 0.29) is 24.2 Å². The van der Waals surface area contributed by atoms with Gasteiger partial charge in [-0.05, 0) is 12.3 Å². The lowest BCUT2D eigenvalue weighted by Gasteiger charge is -2.17. The smallest absolute Gasteiger partial charge is 0.151 e. The Balaban J connectivity index is 3.82. The van der Waals surface area contributed by atoms with E-state index in [9.17, 15) is 8.42 Å². The Hall–Kier alpha value is -0.130. The number of hydrogen-bond acceptors (Lipinski definition) is 4. The van der Waals surface area contributed by atoms with Gasteiger partial charge in [0.25, 0.3) is 0 Å². The van der Waals surface area contributed by atoms with Crippen LogP contribution < -0.4 is 5.32 Å². The molecular formula is C10H23NO3S. The normalized spacial score (nSPS) is 14.5. The van der Waals surface area contributed by atoms with Crippen molar-refractivity contribution < 1.29 is 13.5 Å². The minimum atomic E-state index is -2.90. The number of aliphatic hydroxyl groups is 1. The summed E-state index contributed by atoms with van der Waals surface area (Å²) in [5.41, 5.74) is 0. The predicted molar refractivity (Wildman–Crippen MR) is 62.7 cm³/mol. The predicted octanol–water partition coefficient (Wildman–Crippen LogP) is 0.418. The highest BCUT2D eigenvalue weighted by Gasteiger charge is 2.11. The molecule has 92 valence electrons. The monoisotopic (exact) mass is 237 g/mol. The maximum Gasteiger partial charge on any atom is 0.151 e. The standard InChI is InChI=1S/C10H23NO3S/c1-4-15(13,14)6-5-11-10(8-12)7-9(2)3/h9-12H,4-8H2,1-3H3. The van der Waals surface area contributed by atoms with Crippen molar-refractivity contribution in [3.05, 3.63) is 0 Å². The molecule has 0 spiro atoms. The van der Waals surface area contributed by atoms with Crippen LogP contribution in [0.15, 0.2) is 0 Å². The fourth-order valence-electron chi connectivity index (χ4n) is 1.35. The van der Waals surface area contributed by atoms with Crippen molar-refractivity contribution in [3.8, 4) is 0 Å². The highest BCUT2D eigenvalue weighted by atomic mass is 32.2. The van der Waals surface area contributed by atoms with Gasteiger partial charge in [-0.15, -0.1) is 0 Å². The van der Waals surface area contributed by atoms with Crippen LogP contribution in [0.25, 0.3) is 0 Å². The van der Waals surface area contributed by atoms with E-state index in [2.05, 4.69) is 19.2 Å². The summed E-state index contributed by atoms with van der Waals surface area (Å²) in [6.07, 6.45) is 0.864. The lowest BCUT2D eigenvalue weighted by Crippen LogP contribution is -2.37. The molecule has 2 N–H and O–H groups in total. The lowest BCUT2D eigenvalue weighted by molar-refractivity contribution is 0.226. The van der Waals surface area contributed by atoms with Crippen molar-refractivity contribution in [1.82, 2.24) is 5.32 Å². The average molecular weight is 237 g/mol. The van der Waals surface area contributed by atoms with Crippen LogP contribution in [0.1, 0.15) is 27.2 Å². The van der Waals surface area contributed by atoms with Crippen LogP contribution in [0.4, 0.5) is 0 Å². The second-order valence-electron chi connectivity index (χ2n) is 4.20. The highest BCUT2D eigenvalue weighted by Crippen LogP contribution is 2.03. The zero-order chi connectivity index (χ0) is 11.9. The summed E-state index contributed by atoms with van der Waals surface area (Å²) >= 11 is 0. The van der Waals surface area contributed by atoms with Gasteiger partial charge < -0.3 is 10.4 Å². The fourth-order valence-corrected chi connectivity index (χ4v) is 2.07. The van der Waals surface area contributed by atoms with Crippen LogP contribution in [-0.4, -0.2) is 44.2 Å². The Kier molecular flexibility index (Phi) is 7.13. The summed E-state index contributed by atoms with van der Waals surface area (Å²) < 4.78 is 22.4. The third-order valence-electron chi connectivity index (χ3n) is 2.26. The molecule has 0 amide bonds. The molecule has 0 saturated carbocycles. The van der Waals surface area contributed by atoms with Gasteiger partial charge in [-0.3, -0.25) is 0 Å². The highest BCUT2D eigenvalue weighted by molar-refractivity contribution is 7.91. The van der Waals surface area contributed by atoms with Gasteiger partial charge in [-0.25, -0.2) is 8.42 Å². The second kappa shape index (κ2) is 7.19. The molecule has 0 bridgehead atoms. The van der Waals surface area contributed by atoms with Crippen molar-refractivity contribution >= 4 is 9.84 Å². The molecular weight excluding hydrogens is 214 g/mol. The van der Waals surface area contributed by atoms with E-state index >= 15 is 0 Å². The van der Waals surface area contributed by atoms with Crippen molar-refractivity contribution in [2.24, 2.45) is 5.92 Å². The van der Waals surface area contributed by atoms with Gasteiger partial charge in [0.2, 0.25) is 0 Å². The first-order valence-corrected chi connectivity index (χ1v) is 7.28. The van der Waals surface area contributed by atoms with Crippen LogP contribution in [0.5, 0.6) is 0 Å². The van der Waals surface area contributed by atoms with Crippen LogP contribution in [0, 0.1) is 5.92 Å². The van der Waals surface area contributed by atoms with E-state index in [1.54, 1.807) is 6.92 Å². The molecule has 0 saturated heterocycles. The minimum absolute atomic E-state index is 0.0112. The zero-order valence-electron chi connectivity index (χ0n) is 9.86. The van der Waals surface area contributed by atoms with E-state index in [4.69, 9.17) is 5.11 Å². The van der Waals surface area contributed by atoms with Crippen molar-refractivity contribution in [1.29, 1.82) is 0 Å². The summed E-state index contributed by atoms with van der Waals surface area (Å²) in [6, 6.07) is 0.0112. The Morgan fingerprint density at radius 3 is 2.33 bits per heavy atom. The Morgan fingerprint density at radius 1 is 1.33 bits per heavy atom. The molecule has 0 rings (SSSR count). The minimum Gasteiger partial charge on any atom is -0.395 e. The number of hydrogen-bond donors (Lipinski definition) is 2. The first kappa shape index (κ1) is 14.9. The van der Waals surface area contributed by atoms with Gasteiger partial charge in [0.15, 0.2) is 9.84 Å². The summed E-state index contributed by atoms with van der Waals surface area (Å²) in [6.45, 7) is 6.28.